The van der Waals surface area contributed by atoms with Crippen molar-refractivity contribution >= 4 is 10.9 Å². The average molecular weight is 248 g/mol. The Kier molecular flexibility index (Phi) is 2.77. The minimum atomic E-state index is 0.701. The number of benzene rings is 1. The standard InChI is InChI=1S/C16H14N3/c1-19-6-2-3-13(11-19)7-14-10-18-16-5-4-12(9-17)8-15(14)16/h2-6,8,10-11,18H,7H2,1H3/q+1. The fourth-order valence-corrected chi connectivity index (χ4v) is 2.37. The number of hydrogen-bond acceptors (Lipinski definition) is 1. The normalized spacial score (nSPS) is 10.5. The third-order valence-electron chi connectivity index (χ3n) is 3.29. The number of pyridine rings is 1. The van der Waals surface area contributed by atoms with Crippen molar-refractivity contribution in [2.24, 2.45) is 7.05 Å². The molecule has 3 nitrogen and oxygen atoms in total. The Morgan fingerprint density at radius 2 is 2.21 bits per heavy atom. The van der Waals surface area contributed by atoms with Crippen molar-refractivity contribution in [3.8, 4) is 6.07 Å². The topological polar surface area (TPSA) is 43.5 Å². The van der Waals surface area contributed by atoms with Gasteiger partial charge < -0.3 is 4.98 Å². The maximum atomic E-state index is 8.99. The molecule has 1 N–H and O–H groups in total. The SMILES string of the molecule is C[n+]1cccc(Cc2c[nH]c3ccc(C#N)cc23)c1. The third-order valence-corrected chi connectivity index (χ3v) is 3.29. The van der Waals surface area contributed by atoms with Gasteiger partial charge in [0.05, 0.1) is 11.6 Å². The Labute approximate surface area is 111 Å². The van der Waals surface area contributed by atoms with Gasteiger partial charge >= 0.3 is 0 Å². The van der Waals surface area contributed by atoms with Crippen LogP contribution in [-0.4, -0.2) is 4.98 Å². The molecule has 19 heavy (non-hydrogen) atoms. The van der Waals surface area contributed by atoms with Crippen LogP contribution in [0.5, 0.6) is 0 Å². The van der Waals surface area contributed by atoms with Gasteiger partial charge in [0.2, 0.25) is 0 Å². The molecular weight excluding hydrogens is 234 g/mol. The largest absolute Gasteiger partial charge is 0.361 e. The molecule has 92 valence electrons. The second-order valence-corrected chi connectivity index (χ2v) is 4.74. The van der Waals surface area contributed by atoms with Gasteiger partial charge in [-0.1, -0.05) is 0 Å². The molecule has 2 heterocycles. The van der Waals surface area contributed by atoms with Crippen LogP contribution in [0.1, 0.15) is 16.7 Å². The molecule has 0 atom stereocenters. The van der Waals surface area contributed by atoms with E-state index in [1.54, 1.807) is 0 Å². The van der Waals surface area contributed by atoms with Crippen LogP contribution in [0.2, 0.25) is 0 Å². The number of aromatic nitrogens is 2. The van der Waals surface area contributed by atoms with Gasteiger partial charge in [0.15, 0.2) is 12.4 Å². The van der Waals surface area contributed by atoms with E-state index >= 15 is 0 Å². The molecule has 0 spiro atoms. The van der Waals surface area contributed by atoms with E-state index in [1.165, 1.54) is 11.1 Å². The van der Waals surface area contributed by atoms with Crippen molar-refractivity contribution in [3.63, 3.8) is 0 Å². The number of H-pyrrole nitrogens is 1. The molecule has 0 bridgehead atoms. The molecule has 3 heteroatoms. The van der Waals surface area contributed by atoms with Crippen LogP contribution in [0.25, 0.3) is 10.9 Å². The highest BCUT2D eigenvalue weighted by Crippen LogP contribution is 2.21. The predicted molar refractivity (Wildman–Crippen MR) is 73.4 cm³/mol. The second kappa shape index (κ2) is 4.58. The molecule has 0 saturated heterocycles. The number of nitrogens with one attached hydrogen (secondary N) is 1. The highest BCUT2D eigenvalue weighted by molar-refractivity contribution is 5.84. The summed E-state index contributed by atoms with van der Waals surface area (Å²) in [4.78, 5) is 3.26. The number of aromatic amines is 1. The Morgan fingerprint density at radius 1 is 1.32 bits per heavy atom. The zero-order chi connectivity index (χ0) is 13.2. The van der Waals surface area contributed by atoms with Crippen molar-refractivity contribution in [1.29, 1.82) is 5.26 Å². The smallest absolute Gasteiger partial charge is 0.172 e. The number of nitriles is 1. The first kappa shape index (κ1) is 11.5. The van der Waals surface area contributed by atoms with Crippen molar-refractivity contribution in [2.45, 2.75) is 6.42 Å². The summed E-state index contributed by atoms with van der Waals surface area (Å²) >= 11 is 0. The Morgan fingerprint density at radius 3 is 3.00 bits per heavy atom. The number of nitrogens with zero attached hydrogens (tertiary/aromatic N) is 2. The lowest BCUT2D eigenvalue weighted by Gasteiger charge is -1.99. The Bertz CT molecular complexity index is 778. The van der Waals surface area contributed by atoms with E-state index in [0.29, 0.717) is 5.56 Å². The van der Waals surface area contributed by atoms with Gasteiger partial charge in [-0.15, -0.1) is 0 Å². The summed E-state index contributed by atoms with van der Waals surface area (Å²) in [6.07, 6.45) is 7.03. The van der Waals surface area contributed by atoms with Gasteiger partial charge in [-0.25, -0.2) is 4.57 Å². The van der Waals surface area contributed by atoms with Gasteiger partial charge in [-0.3, -0.25) is 0 Å². The van der Waals surface area contributed by atoms with E-state index in [-0.39, 0.29) is 0 Å². The average Bonchev–Trinajstić information content (AvgIpc) is 2.81. The molecule has 0 aliphatic carbocycles. The van der Waals surface area contributed by atoms with Crippen molar-refractivity contribution in [3.05, 3.63) is 65.6 Å². The van der Waals surface area contributed by atoms with Crippen LogP contribution < -0.4 is 4.57 Å². The molecule has 0 unspecified atom stereocenters. The summed E-state index contributed by atoms with van der Waals surface area (Å²) in [5, 5.41) is 10.1. The minimum absolute atomic E-state index is 0.701. The summed E-state index contributed by atoms with van der Waals surface area (Å²) in [5.41, 5.74) is 4.26. The lowest BCUT2D eigenvalue weighted by Crippen LogP contribution is -2.26. The number of rotatable bonds is 2. The van der Waals surface area contributed by atoms with Gasteiger partial charge in [-0.2, -0.15) is 5.26 Å². The first-order chi connectivity index (χ1) is 9.26. The van der Waals surface area contributed by atoms with Crippen molar-refractivity contribution in [1.82, 2.24) is 4.98 Å². The highest BCUT2D eigenvalue weighted by Gasteiger charge is 2.07. The zero-order valence-corrected chi connectivity index (χ0v) is 10.7. The van der Waals surface area contributed by atoms with Crippen LogP contribution >= 0.6 is 0 Å². The lowest BCUT2D eigenvalue weighted by molar-refractivity contribution is -0.671. The Balaban J connectivity index is 2.03. The zero-order valence-electron chi connectivity index (χ0n) is 10.7. The predicted octanol–water partition coefficient (Wildman–Crippen LogP) is 2.45. The first-order valence-electron chi connectivity index (χ1n) is 6.20. The molecule has 0 aliphatic rings. The van der Waals surface area contributed by atoms with Crippen molar-refractivity contribution < 1.29 is 4.57 Å². The van der Waals surface area contributed by atoms with E-state index in [0.717, 1.165) is 17.3 Å². The molecule has 1 aromatic carbocycles. The third kappa shape index (κ3) is 2.21. The molecule has 0 radical (unpaired) electrons. The summed E-state index contributed by atoms with van der Waals surface area (Å²) in [7, 11) is 2.02. The Hall–Kier alpha value is -2.60. The van der Waals surface area contributed by atoms with Crippen LogP contribution in [0.15, 0.2) is 48.9 Å². The van der Waals surface area contributed by atoms with E-state index < -0.39 is 0 Å². The van der Waals surface area contributed by atoms with Crippen LogP contribution in [0.3, 0.4) is 0 Å². The molecule has 3 aromatic rings. The maximum absolute atomic E-state index is 8.99. The molecule has 0 aliphatic heterocycles. The number of fused-ring (bicyclic) bond motifs is 1. The van der Waals surface area contributed by atoms with Gasteiger partial charge in [0, 0.05) is 35.2 Å². The maximum Gasteiger partial charge on any atom is 0.172 e. The molecule has 0 fully saturated rings. The summed E-state index contributed by atoms with van der Waals surface area (Å²) in [5.74, 6) is 0. The van der Waals surface area contributed by atoms with Gasteiger partial charge in [0.1, 0.15) is 7.05 Å². The van der Waals surface area contributed by atoms with Crippen LogP contribution in [0.4, 0.5) is 0 Å². The van der Waals surface area contributed by atoms with Crippen molar-refractivity contribution in [2.75, 3.05) is 0 Å². The molecule has 3 rings (SSSR count). The van der Waals surface area contributed by atoms with E-state index in [1.807, 2.05) is 48.3 Å². The molecule has 2 aromatic heterocycles. The fourth-order valence-electron chi connectivity index (χ4n) is 2.37. The highest BCUT2D eigenvalue weighted by atomic mass is 14.9. The minimum Gasteiger partial charge on any atom is -0.361 e. The van der Waals surface area contributed by atoms with Crippen LogP contribution in [-0.2, 0) is 13.5 Å². The van der Waals surface area contributed by atoms with Crippen LogP contribution in [0, 0.1) is 11.3 Å². The summed E-state index contributed by atoms with van der Waals surface area (Å²) in [6, 6.07) is 12.1. The number of aryl methyl sites for hydroxylation is 1. The molecule has 0 saturated carbocycles. The van der Waals surface area contributed by atoms with E-state index in [9.17, 15) is 0 Å². The second-order valence-electron chi connectivity index (χ2n) is 4.74. The van der Waals surface area contributed by atoms with Gasteiger partial charge in [-0.05, 0) is 29.8 Å². The number of hydrogen-bond donors (Lipinski definition) is 1. The fraction of sp³-hybridized carbons (Fsp3) is 0.125. The quantitative estimate of drug-likeness (QED) is 0.695. The van der Waals surface area contributed by atoms with E-state index in [4.69, 9.17) is 5.26 Å². The summed E-state index contributed by atoms with van der Waals surface area (Å²) in [6.45, 7) is 0. The summed E-state index contributed by atoms with van der Waals surface area (Å²) < 4.78 is 2.05. The first-order valence-corrected chi connectivity index (χ1v) is 6.20. The monoisotopic (exact) mass is 248 g/mol. The lowest BCUT2D eigenvalue weighted by atomic mass is 10.0. The van der Waals surface area contributed by atoms with Gasteiger partial charge in [0.25, 0.3) is 0 Å². The molecule has 0 amide bonds. The molecular formula is C16H14N3+. The van der Waals surface area contributed by atoms with E-state index in [2.05, 4.69) is 23.3 Å².